The van der Waals surface area contributed by atoms with Gasteiger partial charge < -0.3 is 20.1 Å². The number of nitrogens with one attached hydrogen (secondary N) is 1. The van der Waals surface area contributed by atoms with E-state index in [1.807, 2.05) is 13.0 Å². The van der Waals surface area contributed by atoms with Crippen molar-refractivity contribution in [1.29, 1.82) is 0 Å². The van der Waals surface area contributed by atoms with Crippen molar-refractivity contribution < 1.29 is 28.2 Å². The zero-order chi connectivity index (χ0) is 26.1. The molecule has 3 amide bonds. The highest BCUT2D eigenvalue weighted by molar-refractivity contribution is 6.06. The molecule has 192 valence electrons. The maximum atomic E-state index is 14.0. The first-order chi connectivity index (χ1) is 17.8. The third-order valence-corrected chi connectivity index (χ3v) is 6.77. The molecule has 1 fully saturated rings. The molecule has 7 nitrogen and oxygen atoms in total. The van der Waals surface area contributed by atoms with E-state index < -0.39 is 17.7 Å². The highest BCUT2D eigenvalue weighted by Gasteiger charge is 2.28. The molecule has 5 rings (SSSR count). The number of rotatable bonds is 5. The molecule has 1 atom stereocenters. The van der Waals surface area contributed by atoms with Crippen LogP contribution in [0, 0.1) is 18.6 Å². The molecule has 0 bridgehead atoms. The highest BCUT2D eigenvalue weighted by atomic mass is 19.1. The van der Waals surface area contributed by atoms with Crippen LogP contribution in [0.2, 0.25) is 0 Å². The Hall–Kier alpha value is -3.98. The smallest absolute Gasteiger partial charge is 0.326 e. The molecule has 0 radical (unpaired) electrons. The van der Waals surface area contributed by atoms with Crippen LogP contribution in [0.15, 0.2) is 54.6 Å². The zero-order valence-electron chi connectivity index (χ0n) is 20.3. The Bertz CT molecular complexity index is 1340. The molecule has 37 heavy (non-hydrogen) atoms. The Kier molecular flexibility index (Phi) is 6.80. The summed E-state index contributed by atoms with van der Waals surface area (Å²) in [5, 5.41) is 12.8. The minimum atomic E-state index is -0.686. The summed E-state index contributed by atoms with van der Waals surface area (Å²) in [5.41, 5.74) is 3.08. The van der Waals surface area contributed by atoms with E-state index in [-0.39, 0.29) is 30.7 Å². The van der Waals surface area contributed by atoms with Crippen molar-refractivity contribution in [2.24, 2.45) is 0 Å². The maximum absolute atomic E-state index is 14.0. The van der Waals surface area contributed by atoms with Crippen LogP contribution in [-0.2, 0) is 13.2 Å². The van der Waals surface area contributed by atoms with Crippen molar-refractivity contribution >= 4 is 23.3 Å². The van der Waals surface area contributed by atoms with Crippen molar-refractivity contribution in [1.82, 2.24) is 4.90 Å². The lowest BCUT2D eigenvalue weighted by Crippen LogP contribution is -2.42. The summed E-state index contributed by atoms with van der Waals surface area (Å²) in [6, 6.07) is 13.6. The molecular formula is C28H27F2N3O4. The van der Waals surface area contributed by atoms with Gasteiger partial charge in [0.2, 0.25) is 0 Å². The van der Waals surface area contributed by atoms with Gasteiger partial charge in [-0.25, -0.2) is 13.6 Å². The number of piperidine rings is 1. The molecule has 2 aliphatic rings. The number of aryl methyl sites for hydroxylation is 1. The van der Waals surface area contributed by atoms with Crippen molar-refractivity contribution in [2.45, 2.75) is 39.0 Å². The fourth-order valence-corrected chi connectivity index (χ4v) is 4.70. The number of anilines is 2. The summed E-state index contributed by atoms with van der Waals surface area (Å²) < 4.78 is 33.6. The van der Waals surface area contributed by atoms with Crippen LogP contribution < -0.4 is 15.0 Å². The Morgan fingerprint density at radius 1 is 1.14 bits per heavy atom. The summed E-state index contributed by atoms with van der Waals surface area (Å²) in [4.78, 5) is 29.2. The van der Waals surface area contributed by atoms with Gasteiger partial charge in [0.25, 0.3) is 5.91 Å². The fourth-order valence-electron chi connectivity index (χ4n) is 4.70. The van der Waals surface area contributed by atoms with E-state index in [9.17, 15) is 23.5 Å². The number of likely N-dealkylation sites (tertiary alicyclic amines) is 1. The highest BCUT2D eigenvalue weighted by Crippen LogP contribution is 2.33. The number of β-amino-alcohol motifs (C(OH)–C–C–N with tert-alkyl or cyclic N) is 1. The number of hydrogen-bond acceptors (Lipinski definition) is 4. The maximum Gasteiger partial charge on any atom is 0.326 e. The van der Waals surface area contributed by atoms with Gasteiger partial charge >= 0.3 is 6.03 Å². The largest absolute Gasteiger partial charge is 0.489 e. The summed E-state index contributed by atoms with van der Waals surface area (Å²) >= 11 is 0. The second-order valence-electron chi connectivity index (χ2n) is 9.37. The van der Waals surface area contributed by atoms with Gasteiger partial charge in [-0.2, -0.15) is 0 Å². The lowest BCUT2D eigenvalue weighted by Gasteiger charge is -2.32. The third kappa shape index (κ3) is 5.13. The Labute approximate surface area is 213 Å². The van der Waals surface area contributed by atoms with Gasteiger partial charge in [0, 0.05) is 30.4 Å². The first kappa shape index (κ1) is 24.7. The Morgan fingerprint density at radius 2 is 1.92 bits per heavy atom. The molecule has 0 aromatic heterocycles. The molecule has 0 spiro atoms. The van der Waals surface area contributed by atoms with Crippen LogP contribution in [0.4, 0.5) is 25.0 Å². The number of ether oxygens (including phenoxy) is 1. The van der Waals surface area contributed by atoms with Crippen LogP contribution in [0.25, 0.3) is 0 Å². The Balaban J connectivity index is 1.33. The van der Waals surface area contributed by atoms with Crippen molar-refractivity contribution in [3.05, 3.63) is 88.5 Å². The van der Waals surface area contributed by atoms with E-state index in [1.54, 1.807) is 40.1 Å². The van der Waals surface area contributed by atoms with Crippen molar-refractivity contribution in [2.75, 3.05) is 23.3 Å². The van der Waals surface area contributed by atoms with E-state index in [1.165, 1.54) is 18.2 Å². The topological polar surface area (TPSA) is 82.1 Å². The van der Waals surface area contributed by atoms with Crippen molar-refractivity contribution in [3.8, 4) is 5.75 Å². The zero-order valence-corrected chi connectivity index (χ0v) is 20.3. The molecule has 1 unspecified atom stereocenters. The van der Waals surface area contributed by atoms with Gasteiger partial charge in [0.1, 0.15) is 24.0 Å². The van der Waals surface area contributed by atoms with E-state index in [2.05, 4.69) is 5.32 Å². The van der Waals surface area contributed by atoms with Gasteiger partial charge in [-0.1, -0.05) is 18.2 Å². The normalized spacial score (nSPS) is 17.3. The quantitative estimate of drug-likeness (QED) is 0.509. The third-order valence-electron chi connectivity index (χ3n) is 6.77. The number of amides is 3. The number of hydrogen-bond donors (Lipinski definition) is 2. The van der Waals surface area contributed by atoms with Crippen LogP contribution in [0.1, 0.15) is 39.9 Å². The number of carbonyl (C=O) groups is 2. The second-order valence-corrected chi connectivity index (χ2v) is 9.37. The summed E-state index contributed by atoms with van der Waals surface area (Å²) in [6.07, 6.45) is 0.921. The molecule has 3 aromatic rings. The van der Waals surface area contributed by atoms with Gasteiger partial charge in [-0.3, -0.25) is 9.69 Å². The predicted molar refractivity (Wildman–Crippen MR) is 135 cm³/mol. The minimum absolute atomic E-state index is 0.168. The molecule has 2 N–H and O–H groups in total. The number of urea groups is 1. The van der Waals surface area contributed by atoms with Gasteiger partial charge in [0.15, 0.2) is 0 Å². The minimum Gasteiger partial charge on any atom is -0.489 e. The SMILES string of the molecule is Cc1ccc(OCc2c(F)cccc2F)cc1N1Cc2ccc(C(=O)N3CCCC(O)C3)cc2NC1=O. The second kappa shape index (κ2) is 10.2. The molecule has 0 aliphatic carbocycles. The molecule has 9 heteroatoms. The standard InChI is InChI=1S/C28H27F2N3O4/c1-17-7-10-21(37-16-22-23(29)5-2-6-24(22)30)13-26(17)33-14-19-9-8-18(12-25(19)31-28(33)36)27(35)32-11-3-4-20(34)15-32/h2,5-10,12-13,20,34H,3-4,11,14-16H2,1H3,(H,31,36). The molecule has 0 saturated carbocycles. The van der Waals surface area contributed by atoms with Gasteiger partial charge in [-0.05, 0) is 61.2 Å². The molecule has 2 aliphatic heterocycles. The summed E-state index contributed by atoms with van der Waals surface area (Å²) in [7, 11) is 0. The summed E-state index contributed by atoms with van der Waals surface area (Å²) in [5.74, 6) is -1.18. The van der Waals surface area contributed by atoms with E-state index in [0.717, 1.165) is 17.5 Å². The monoisotopic (exact) mass is 507 g/mol. The van der Waals surface area contributed by atoms with E-state index >= 15 is 0 Å². The van der Waals surface area contributed by atoms with Crippen molar-refractivity contribution in [3.63, 3.8) is 0 Å². The van der Waals surface area contributed by atoms with Crippen LogP contribution in [0.5, 0.6) is 5.75 Å². The van der Waals surface area contributed by atoms with Crippen LogP contribution in [0.3, 0.4) is 0 Å². The predicted octanol–water partition coefficient (Wildman–Crippen LogP) is 5.00. The van der Waals surface area contributed by atoms with E-state index in [4.69, 9.17) is 4.74 Å². The fraction of sp³-hybridized carbons (Fsp3) is 0.286. The number of aliphatic hydroxyl groups is 1. The number of halogens is 2. The van der Waals surface area contributed by atoms with Crippen LogP contribution in [-0.4, -0.2) is 41.1 Å². The van der Waals surface area contributed by atoms with Crippen LogP contribution >= 0.6 is 0 Å². The average molecular weight is 508 g/mol. The lowest BCUT2D eigenvalue weighted by molar-refractivity contribution is 0.0474. The molecule has 2 heterocycles. The lowest BCUT2D eigenvalue weighted by atomic mass is 10.0. The molecule has 3 aromatic carbocycles. The number of fused-ring (bicyclic) bond motifs is 1. The number of benzene rings is 3. The molecule has 1 saturated heterocycles. The summed E-state index contributed by atoms with van der Waals surface area (Å²) in [6.45, 7) is 2.73. The number of nitrogens with zero attached hydrogens (tertiary/aromatic N) is 2. The Morgan fingerprint density at radius 3 is 2.68 bits per heavy atom. The van der Waals surface area contributed by atoms with E-state index in [0.29, 0.717) is 42.2 Å². The average Bonchev–Trinajstić information content (AvgIpc) is 2.88. The van der Waals surface area contributed by atoms with Gasteiger partial charge in [-0.15, -0.1) is 0 Å². The molecular weight excluding hydrogens is 480 g/mol. The number of carbonyl (C=O) groups excluding carboxylic acids is 2. The first-order valence-corrected chi connectivity index (χ1v) is 12.2. The number of aliphatic hydroxyl groups excluding tert-OH is 1. The first-order valence-electron chi connectivity index (χ1n) is 12.2. The van der Waals surface area contributed by atoms with Gasteiger partial charge in [0.05, 0.1) is 23.9 Å².